The van der Waals surface area contributed by atoms with Gasteiger partial charge in [-0.2, -0.15) is 0 Å². The SMILES string of the molecule is CP1C2=Cc3ccccc3[CH]2[Ti+2][CH]2C1=Cc1ccccc12.[F-].[F-]. The van der Waals surface area contributed by atoms with Crippen LogP contribution in [0.1, 0.15) is 30.7 Å². The van der Waals surface area contributed by atoms with Gasteiger partial charge in [0.15, 0.2) is 0 Å². The monoisotopic (exact) mass is 360 g/mol. The first kappa shape index (κ1) is 16.8. The van der Waals surface area contributed by atoms with Crippen molar-refractivity contribution in [3.8, 4) is 0 Å². The maximum atomic E-state index is 2.51. The van der Waals surface area contributed by atoms with Crippen molar-refractivity contribution in [3.63, 3.8) is 0 Å². The molecule has 3 aliphatic rings. The first-order chi connectivity index (χ1) is 10.3. The fraction of sp³-hybridized carbons (Fsp3) is 0.158. The molecule has 2 aromatic rings. The summed E-state index contributed by atoms with van der Waals surface area (Å²) in [7, 11) is -0.112. The zero-order valence-corrected chi connectivity index (χ0v) is 15.1. The molecule has 0 aromatic heterocycles. The number of benzene rings is 2. The van der Waals surface area contributed by atoms with Crippen molar-refractivity contribution in [2.75, 3.05) is 6.66 Å². The van der Waals surface area contributed by atoms with Crippen LogP contribution in [0.5, 0.6) is 0 Å². The van der Waals surface area contributed by atoms with Gasteiger partial charge in [-0.15, -0.1) is 0 Å². The van der Waals surface area contributed by atoms with Crippen molar-refractivity contribution >= 4 is 20.1 Å². The van der Waals surface area contributed by atoms with Crippen molar-refractivity contribution < 1.29 is 28.6 Å². The second-order valence-electron chi connectivity index (χ2n) is 5.99. The standard InChI is InChI=1S/C19H15P.2FH.Ti/c1-20(18-10-14-6-2-3-7-15(14)11-18)19-12-16-8-4-5-9-17(16)13-19;;;/h2-13H,1H3;2*1H;/q;;;+2/p-2. The third-order valence-electron chi connectivity index (χ3n) is 4.92. The summed E-state index contributed by atoms with van der Waals surface area (Å²) in [5.41, 5.74) is 6.21. The molecule has 2 unspecified atom stereocenters. The molecule has 2 atom stereocenters. The molecule has 114 valence electrons. The Morgan fingerprint density at radius 3 is 1.65 bits per heavy atom. The second kappa shape index (κ2) is 6.09. The van der Waals surface area contributed by atoms with Gasteiger partial charge in [0.1, 0.15) is 0 Å². The Labute approximate surface area is 145 Å². The summed E-state index contributed by atoms with van der Waals surface area (Å²) >= 11 is -0.0565. The Balaban J connectivity index is 0.000000781. The van der Waals surface area contributed by atoms with E-state index < -0.39 is 0 Å². The van der Waals surface area contributed by atoms with Gasteiger partial charge < -0.3 is 9.41 Å². The third-order valence-corrected chi connectivity index (χ3v) is 11.0. The molecule has 2 aliphatic carbocycles. The molecule has 1 fully saturated rings. The van der Waals surface area contributed by atoms with Crippen LogP contribution in [0, 0.1) is 0 Å². The van der Waals surface area contributed by atoms with E-state index in [2.05, 4.69) is 67.3 Å². The van der Waals surface area contributed by atoms with Gasteiger partial charge in [-0.3, -0.25) is 0 Å². The summed E-state index contributed by atoms with van der Waals surface area (Å²) in [5, 5.41) is 3.50. The molecule has 1 heterocycles. The fourth-order valence-electron chi connectivity index (χ4n) is 3.86. The van der Waals surface area contributed by atoms with E-state index in [1.165, 1.54) is 11.1 Å². The van der Waals surface area contributed by atoms with Crippen LogP contribution >= 0.6 is 7.92 Å². The van der Waals surface area contributed by atoms with Crippen LogP contribution in [0.2, 0.25) is 0 Å². The van der Waals surface area contributed by atoms with E-state index in [9.17, 15) is 0 Å². The van der Waals surface area contributed by atoms with Crippen LogP contribution in [-0.4, -0.2) is 6.66 Å². The zero-order chi connectivity index (χ0) is 14.0. The van der Waals surface area contributed by atoms with Crippen LogP contribution < -0.4 is 9.41 Å². The molecule has 0 spiro atoms. The summed E-state index contributed by atoms with van der Waals surface area (Å²) in [6.07, 6.45) is 5.02. The van der Waals surface area contributed by atoms with Crippen LogP contribution in [0.15, 0.2) is 59.2 Å². The third kappa shape index (κ3) is 2.31. The molecular weight excluding hydrogens is 345 g/mol. The number of rotatable bonds is 0. The van der Waals surface area contributed by atoms with Gasteiger partial charge in [0.2, 0.25) is 0 Å². The molecule has 1 saturated heterocycles. The van der Waals surface area contributed by atoms with Crippen molar-refractivity contribution in [2.45, 2.75) is 8.45 Å². The van der Waals surface area contributed by atoms with E-state index in [4.69, 9.17) is 0 Å². The Kier molecular flexibility index (Phi) is 4.44. The Morgan fingerprint density at radius 1 is 0.739 bits per heavy atom. The van der Waals surface area contributed by atoms with E-state index in [1.54, 1.807) is 21.8 Å². The van der Waals surface area contributed by atoms with Gasteiger partial charge in [-0.05, 0) is 0 Å². The predicted octanol–water partition coefficient (Wildman–Crippen LogP) is -0.606. The zero-order valence-electron chi connectivity index (χ0n) is 12.6. The average molecular weight is 360 g/mol. The summed E-state index contributed by atoms with van der Waals surface area (Å²) in [6, 6.07) is 18.1. The molecular formula is C19H15F2PTi. The van der Waals surface area contributed by atoms with Crippen molar-refractivity contribution in [1.82, 2.24) is 0 Å². The molecule has 4 heteroatoms. The maximum absolute atomic E-state index is 2.51. The summed E-state index contributed by atoms with van der Waals surface area (Å²) in [4.78, 5) is 0. The summed E-state index contributed by atoms with van der Waals surface area (Å²) in [6.45, 7) is 2.48. The minimum absolute atomic E-state index is 0. The minimum atomic E-state index is -0.112. The fourth-order valence-corrected chi connectivity index (χ4v) is 11.0. The minimum Gasteiger partial charge on any atom is -1.00 e. The van der Waals surface area contributed by atoms with Crippen LogP contribution in [0.4, 0.5) is 0 Å². The number of hydrogen-bond acceptors (Lipinski definition) is 0. The largest absolute Gasteiger partial charge is 1.00 e. The van der Waals surface area contributed by atoms with Gasteiger partial charge in [0, 0.05) is 0 Å². The number of allylic oxidation sites excluding steroid dienone is 2. The molecule has 5 rings (SSSR count). The average Bonchev–Trinajstić information content (AvgIpc) is 3.07. The molecule has 0 N–H and O–H groups in total. The number of halogens is 2. The van der Waals surface area contributed by atoms with E-state index >= 15 is 0 Å². The summed E-state index contributed by atoms with van der Waals surface area (Å²) < 4.78 is 1.57. The summed E-state index contributed by atoms with van der Waals surface area (Å²) in [5.74, 6) is 0. The van der Waals surface area contributed by atoms with E-state index in [0.29, 0.717) is 0 Å². The molecule has 0 nitrogen and oxygen atoms in total. The predicted molar refractivity (Wildman–Crippen MR) is 87.2 cm³/mol. The van der Waals surface area contributed by atoms with Gasteiger partial charge in [0.05, 0.1) is 0 Å². The quantitative estimate of drug-likeness (QED) is 0.435. The Hall–Kier alpha value is -1.08. The maximum Gasteiger partial charge on any atom is -1.00 e. The van der Waals surface area contributed by atoms with Crippen LogP contribution in [-0.2, 0) is 19.2 Å². The first-order valence-electron chi connectivity index (χ1n) is 7.44. The van der Waals surface area contributed by atoms with E-state index in [1.807, 2.05) is 0 Å². The normalized spacial score (nSPS) is 25.0. The van der Waals surface area contributed by atoms with Gasteiger partial charge in [-0.25, -0.2) is 0 Å². The van der Waals surface area contributed by atoms with Gasteiger partial charge in [-0.1, -0.05) is 0 Å². The molecule has 23 heavy (non-hydrogen) atoms. The van der Waals surface area contributed by atoms with E-state index in [0.717, 1.165) is 8.45 Å². The first-order valence-corrected chi connectivity index (χ1v) is 11.0. The molecule has 0 amide bonds. The van der Waals surface area contributed by atoms with Crippen LogP contribution in [0.3, 0.4) is 0 Å². The van der Waals surface area contributed by atoms with Gasteiger partial charge >= 0.3 is 136 Å². The topological polar surface area (TPSA) is 0 Å². The molecule has 0 radical (unpaired) electrons. The smallest absolute Gasteiger partial charge is 1.00 e. The van der Waals surface area contributed by atoms with E-state index in [-0.39, 0.29) is 36.5 Å². The number of hydrogen-bond donors (Lipinski definition) is 0. The molecule has 0 saturated carbocycles. The van der Waals surface area contributed by atoms with Crippen molar-refractivity contribution in [3.05, 3.63) is 81.4 Å². The Bertz CT molecular complexity index is 760. The molecule has 2 aromatic carbocycles. The number of fused-ring (bicyclic) bond motifs is 6. The second-order valence-corrected chi connectivity index (χ2v) is 10.5. The molecule has 0 bridgehead atoms. The van der Waals surface area contributed by atoms with Crippen molar-refractivity contribution in [1.29, 1.82) is 0 Å². The Morgan fingerprint density at radius 2 is 1.17 bits per heavy atom. The van der Waals surface area contributed by atoms with Gasteiger partial charge in [0.25, 0.3) is 0 Å². The molecule has 1 aliphatic heterocycles. The van der Waals surface area contributed by atoms with Crippen LogP contribution in [0.25, 0.3) is 12.2 Å². The van der Waals surface area contributed by atoms with Crippen molar-refractivity contribution in [2.24, 2.45) is 0 Å².